The highest BCUT2D eigenvalue weighted by Gasteiger charge is 2.57. The minimum absolute atomic E-state index is 0.285. The number of carbonyl (C=O) groups is 2. The molecule has 2 saturated carbocycles. The van der Waals surface area contributed by atoms with Crippen LogP contribution in [0.3, 0.4) is 0 Å². The van der Waals surface area contributed by atoms with Gasteiger partial charge in [-0.3, -0.25) is 4.79 Å². The molecule has 3 rings (SSSR count). The van der Waals surface area contributed by atoms with Gasteiger partial charge in [-0.2, -0.15) is 0 Å². The van der Waals surface area contributed by atoms with Gasteiger partial charge in [-0.25, -0.2) is 0 Å². The number of carbonyl (C=O) groups excluding carboxylic acids is 1. The first-order chi connectivity index (χ1) is 7.72. The molecule has 1 heterocycles. The highest BCUT2D eigenvalue weighted by Crippen LogP contribution is 2.57. The summed E-state index contributed by atoms with van der Waals surface area (Å²) >= 11 is 0. The van der Waals surface area contributed by atoms with Gasteiger partial charge >= 0.3 is 5.97 Å². The Morgan fingerprint density at radius 1 is 1.38 bits per heavy atom. The van der Waals surface area contributed by atoms with Crippen LogP contribution >= 0.6 is 0 Å². The quantitative estimate of drug-likeness (QED) is 0.546. The second-order valence-electron chi connectivity index (χ2n) is 5.34. The number of aliphatic carboxylic acids is 1. The van der Waals surface area contributed by atoms with Crippen LogP contribution < -0.4 is 0 Å². The van der Waals surface area contributed by atoms with Gasteiger partial charge in [0, 0.05) is 0 Å². The van der Waals surface area contributed by atoms with Crippen molar-refractivity contribution < 1.29 is 14.7 Å². The summed E-state index contributed by atoms with van der Waals surface area (Å²) in [7, 11) is 1.41. The number of rotatable bonds is 3. The zero-order valence-corrected chi connectivity index (χ0v) is 9.08. The van der Waals surface area contributed by atoms with Crippen molar-refractivity contribution in [1.29, 1.82) is 0 Å². The molecule has 5 heteroatoms. The molecule has 5 atom stereocenters. The Hall–Kier alpha value is -0.835. The van der Waals surface area contributed by atoms with Gasteiger partial charge in [0.15, 0.2) is 0 Å². The monoisotopic (exact) mass is 220 g/mol. The summed E-state index contributed by atoms with van der Waals surface area (Å²) in [5.41, 5.74) is 0. The van der Waals surface area contributed by atoms with Gasteiger partial charge in [-0.1, -0.05) is 0 Å². The Kier molecular flexibility index (Phi) is 2.31. The zero-order valence-electron chi connectivity index (χ0n) is 9.08. The molecule has 1 N–H and O–H groups in total. The van der Waals surface area contributed by atoms with Crippen molar-refractivity contribution in [2.24, 2.45) is 23.7 Å². The van der Waals surface area contributed by atoms with E-state index in [1.807, 2.05) is 0 Å². The molecule has 0 aromatic rings. The third-order valence-corrected chi connectivity index (χ3v) is 4.81. The number of nitrogens with zero attached hydrogens (tertiary/aromatic N) is 1. The molecule has 4 unspecified atom stereocenters. The van der Waals surface area contributed by atoms with E-state index >= 15 is 0 Å². The lowest BCUT2D eigenvalue weighted by molar-refractivity contribution is -0.142. The lowest BCUT2D eigenvalue weighted by Gasteiger charge is -2.27. The van der Waals surface area contributed by atoms with Crippen LogP contribution in [-0.2, 0) is 9.59 Å². The maximum absolute atomic E-state index is 11.3. The fourth-order valence-electron chi connectivity index (χ4n) is 4.33. The largest absolute Gasteiger partial charge is 0.480 e. The van der Waals surface area contributed by atoms with Crippen molar-refractivity contribution in [3.05, 3.63) is 0 Å². The molecule has 3 fully saturated rings. The molecule has 1 radical (unpaired) electrons. The molecular weight excluding hydrogens is 205 g/mol. The van der Waals surface area contributed by atoms with Crippen molar-refractivity contribution in [1.82, 2.24) is 4.81 Å². The number of fused-ring (bicyclic) bond motifs is 5. The average molecular weight is 220 g/mol. The third-order valence-electron chi connectivity index (χ3n) is 4.81. The Labute approximate surface area is 95.3 Å². The maximum Gasteiger partial charge on any atom is 0.320 e. The molecule has 4 nitrogen and oxygen atoms in total. The highest BCUT2D eigenvalue weighted by atomic mass is 16.4. The Bertz CT molecular complexity index is 335. The molecule has 0 amide bonds. The van der Waals surface area contributed by atoms with Gasteiger partial charge in [-0.05, 0) is 49.5 Å². The minimum Gasteiger partial charge on any atom is -0.480 e. The van der Waals surface area contributed by atoms with E-state index in [2.05, 4.69) is 0 Å². The number of hydrogen-bond donors (Lipinski definition) is 1. The van der Waals surface area contributed by atoms with E-state index in [4.69, 9.17) is 0 Å². The van der Waals surface area contributed by atoms with Crippen molar-refractivity contribution in [3.63, 3.8) is 0 Å². The topological polar surface area (TPSA) is 57.6 Å². The van der Waals surface area contributed by atoms with Crippen LogP contribution in [0.15, 0.2) is 0 Å². The fourth-order valence-corrected chi connectivity index (χ4v) is 4.33. The summed E-state index contributed by atoms with van der Waals surface area (Å²) in [5.74, 6) is 1.32. The van der Waals surface area contributed by atoms with Crippen molar-refractivity contribution in [2.45, 2.75) is 25.3 Å². The van der Waals surface area contributed by atoms with E-state index < -0.39 is 12.0 Å². The predicted octanol–water partition coefficient (Wildman–Crippen LogP) is 0.227. The van der Waals surface area contributed by atoms with Gasteiger partial charge in [0.05, 0.1) is 6.19 Å². The molecule has 3 aliphatic rings. The van der Waals surface area contributed by atoms with Crippen LogP contribution in [-0.4, -0.2) is 42.1 Å². The second-order valence-corrected chi connectivity index (χ2v) is 5.34. The summed E-state index contributed by atoms with van der Waals surface area (Å²) in [6.45, 7) is 0.765. The van der Waals surface area contributed by atoms with Crippen molar-refractivity contribution in [2.75, 3.05) is 6.54 Å². The number of hydrogen-bond acceptors (Lipinski definition) is 3. The standard InChI is InChI=1S/C11H15BNO3/c14-5-12-13-4-8-6-1-2-7(3-6)9(8)10(13)11(15)16/h5-10H,1-4H2,(H,15,16)/t6?,7?,8?,9?,10-/m0/s1. The minimum atomic E-state index is -0.766. The highest BCUT2D eigenvalue weighted by molar-refractivity contribution is 6.64. The predicted molar refractivity (Wildman–Crippen MR) is 58.4 cm³/mol. The van der Waals surface area contributed by atoms with Crippen molar-refractivity contribution in [3.8, 4) is 0 Å². The van der Waals surface area contributed by atoms with Crippen LogP contribution in [0.2, 0.25) is 0 Å². The molecule has 1 saturated heterocycles. The SMILES string of the molecule is O=C[B]N1CC2C3CCC(C3)C2[C@H]1C(=O)O. The number of carboxylic acid groups (broad SMARTS) is 1. The van der Waals surface area contributed by atoms with Gasteiger partial charge in [0.1, 0.15) is 6.04 Å². The lowest BCUT2D eigenvalue weighted by atomic mass is 9.78. The summed E-state index contributed by atoms with van der Waals surface area (Å²) in [4.78, 5) is 23.6. The molecule has 0 spiro atoms. The Balaban J connectivity index is 1.86. The third kappa shape index (κ3) is 1.27. The molecular formula is C11H15BNO3. The average Bonchev–Trinajstić information content (AvgIpc) is 2.85. The van der Waals surface area contributed by atoms with Gasteiger partial charge in [0.25, 0.3) is 7.41 Å². The summed E-state index contributed by atoms with van der Waals surface area (Å²) in [5, 5.41) is 9.31. The first-order valence-electron chi connectivity index (χ1n) is 5.99. The normalized spacial score (nSPS) is 45.6. The first kappa shape index (κ1) is 10.3. The molecule has 16 heavy (non-hydrogen) atoms. The smallest absolute Gasteiger partial charge is 0.320 e. The van der Waals surface area contributed by atoms with Gasteiger partial charge in [0.2, 0.25) is 0 Å². The summed E-state index contributed by atoms with van der Waals surface area (Å²) in [6, 6.07) is -0.453. The molecule has 0 aromatic heterocycles. The van der Waals surface area contributed by atoms with Crippen LogP contribution in [0.25, 0.3) is 0 Å². The van der Waals surface area contributed by atoms with E-state index in [-0.39, 0.29) is 5.92 Å². The van der Waals surface area contributed by atoms with Crippen LogP contribution in [0.5, 0.6) is 0 Å². The fraction of sp³-hybridized carbons (Fsp3) is 0.818. The molecule has 85 valence electrons. The van der Waals surface area contributed by atoms with Crippen LogP contribution in [0.4, 0.5) is 0 Å². The van der Waals surface area contributed by atoms with E-state index in [1.54, 1.807) is 4.81 Å². The van der Waals surface area contributed by atoms with Crippen LogP contribution in [0, 0.1) is 23.7 Å². The van der Waals surface area contributed by atoms with E-state index in [0.29, 0.717) is 23.9 Å². The molecule has 2 bridgehead atoms. The molecule has 1 aliphatic heterocycles. The van der Waals surface area contributed by atoms with E-state index in [9.17, 15) is 14.7 Å². The zero-order chi connectivity index (χ0) is 11.3. The Morgan fingerprint density at radius 2 is 2.12 bits per heavy atom. The lowest BCUT2D eigenvalue weighted by Crippen LogP contribution is -2.43. The number of carboxylic acids is 1. The maximum atomic E-state index is 11.3. The summed E-state index contributed by atoms with van der Waals surface area (Å²) < 4.78 is 0. The second kappa shape index (κ2) is 3.59. The van der Waals surface area contributed by atoms with Gasteiger partial charge in [-0.15, -0.1) is 0 Å². The van der Waals surface area contributed by atoms with Gasteiger partial charge < -0.3 is 14.7 Å². The first-order valence-corrected chi connectivity index (χ1v) is 5.99. The van der Waals surface area contributed by atoms with Crippen molar-refractivity contribution >= 4 is 19.6 Å². The van der Waals surface area contributed by atoms with E-state index in [0.717, 1.165) is 6.54 Å². The molecule has 2 aliphatic carbocycles. The Morgan fingerprint density at radius 3 is 2.81 bits per heavy atom. The molecule has 0 aromatic carbocycles. The van der Waals surface area contributed by atoms with E-state index in [1.165, 1.54) is 26.7 Å². The summed E-state index contributed by atoms with van der Waals surface area (Å²) in [6.07, 6.45) is 4.37. The van der Waals surface area contributed by atoms with Crippen LogP contribution in [0.1, 0.15) is 19.3 Å².